The zero-order valence-electron chi connectivity index (χ0n) is 18.2. The molecule has 0 aliphatic rings. The van der Waals surface area contributed by atoms with Crippen LogP contribution in [0.1, 0.15) is 25.8 Å². The van der Waals surface area contributed by atoms with E-state index in [1.54, 1.807) is 31.2 Å². The minimum atomic E-state index is -3.98. The van der Waals surface area contributed by atoms with Gasteiger partial charge in [0.15, 0.2) is 0 Å². The number of para-hydroxylation sites is 1. The summed E-state index contributed by atoms with van der Waals surface area (Å²) in [5.74, 6) is -1.81. The second kappa shape index (κ2) is 11.3. The molecule has 0 unspecified atom stereocenters. The normalized spacial score (nSPS) is 12.2. The molecule has 0 aliphatic carbocycles. The summed E-state index contributed by atoms with van der Waals surface area (Å²) in [4.78, 5) is 27.1. The van der Waals surface area contributed by atoms with Gasteiger partial charge in [0.2, 0.25) is 21.8 Å². The van der Waals surface area contributed by atoms with Crippen LogP contribution >= 0.6 is 11.6 Å². The molecule has 1 atom stereocenters. The van der Waals surface area contributed by atoms with Crippen molar-refractivity contribution in [2.24, 2.45) is 0 Å². The van der Waals surface area contributed by atoms with Crippen LogP contribution in [0.4, 0.5) is 10.1 Å². The number of nitrogens with zero attached hydrogens (tertiary/aromatic N) is 2. The molecule has 2 rings (SSSR count). The maximum atomic E-state index is 14.3. The van der Waals surface area contributed by atoms with Crippen molar-refractivity contribution in [3.8, 4) is 0 Å². The first-order valence-electron chi connectivity index (χ1n) is 10.1. The SMILES string of the molecule is CCCNC(=O)[C@H](C)N(Cc1cccc(Cl)c1)C(=O)CN(c1ccccc1F)S(C)(=O)=O. The molecule has 0 fully saturated rings. The van der Waals surface area contributed by atoms with Crippen LogP contribution in [0, 0.1) is 5.82 Å². The zero-order chi connectivity index (χ0) is 23.9. The fourth-order valence-electron chi connectivity index (χ4n) is 3.06. The summed E-state index contributed by atoms with van der Waals surface area (Å²) in [7, 11) is -3.98. The molecule has 0 aliphatic heterocycles. The number of carbonyl (C=O) groups is 2. The number of anilines is 1. The fourth-order valence-corrected chi connectivity index (χ4v) is 4.12. The van der Waals surface area contributed by atoms with Crippen LogP contribution in [-0.2, 0) is 26.2 Å². The third-order valence-electron chi connectivity index (χ3n) is 4.76. The Morgan fingerprint density at radius 3 is 2.44 bits per heavy atom. The molecule has 2 aromatic rings. The minimum absolute atomic E-state index is 0.0228. The van der Waals surface area contributed by atoms with Crippen LogP contribution < -0.4 is 9.62 Å². The lowest BCUT2D eigenvalue weighted by molar-refractivity contribution is -0.139. The first kappa shape index (κ1) is 25.6. The lowest BCUT2D eigenvalue weighted by atomic mass is 10.1. The van der Waals surface area contributed by atoms with Crippen molar-refractivity contribution in [2.75, 3.05) is 23.7 Å². The predicted molar refractivity (Wildman–Crippen MR) is 123 cm³/mol. The molecule has 174 valence electrons. The van der Waals surface area contributed by atoms with E-state index in [1.165, 1.54) is 23.1 Å². The molecule has 10 heteroatoms. The van der Waals surface area contributed by atoms with Gasteiger partial charge >= 0.3 is 0 Å². The number of amides is 2. The quantitative estimate of drug-likeness (QED) is 0.562. The molecule has 0 heterocycles. The molecule has 0 bridgehead atoms. The molecule has 32 heavy (non-hydrogen) atoms. The molecule has 0 aromatic heterocycles. The van der Waals surface area contributed by atoms with Crippen molar-refractivity contribution in [2.45, 2.75) is 32.9 Å². The van der Waals surface area contributed by atoms with E-state index in [1.807, 2.05) is 6.92 Å². The molecule has 0 spiro atoms. The highest BCUT2D eigenvalue weighted by Gasteiger charge is 2.30. The van der Waals surface area contributed by atoms with E-state index < -0.39 is 34.3 Å². The topological polar surface area (TPSA) is 86.8 Å². The van der Waals surface area contributed by atoms with Crippen LogP contribution in [0.2, 0.25) is 5.02 Å². The van der Waals surface area contributed by atoms with E-state index in [-0.39, 0.29) is 18.1 Å². The van der Waals surface area contributed by atoms with Crippen molar-refractivity contribution < 1.29 is 22.4 Å². The molecule has 2 amide bonds. The van der Waals surface area contributed by atoms with Crippen LogP contribution in [0.3, 0.4) is 0 Å². The molecular weight excluding hydrogens is 457 g/mol. The van der Waals surface area contributed by atoms with Gasteiger partial charge in [-0.25, -0.2) is 12.8 Å². The molecule has 1 N–H and O–H groups in total. The van der Waals surface area contributed by atoms with Gasteiger partial charge in [0.1, 0.15) is 18.4 Å². The minimum Gasteiger partial charge on any atom is -0.354 e. The number of rotatable bonds is 10. The van der Waals surface area contributed by atoms with Crippen LogP contribution in [0.25, 0.3) is 0 Å². The maximum Gasteiger partial charge on any atom is 0.244 e. The summed E-state index contributed by atoms with van der Waals surface area (Å²) in [6.45, 7) is 3.26. The third kappa shape index (κ3) is 6.93. The van der Waals surface area contributed by atoms with Crippen LogP contribution in [-0.4, -0.2) is 50.5 Å². The lowest BCUT2D eigenvalue weighted by Crippen LogP contribution is -2.51. The highest BCUT2D eigenvalue weighted by atomic mass is 35.5. The highest BCUT2D eigenvalue weighted by Crippen LogP contribution is 2.22. The van der Waals surface area contributed by atoms with Gasteiger partial charge in [0.05, 0.1) is 11.9 Å². The Morgan fingerprint density at radius 2 is 1.84 bits per heavy atom. The van der Waals surface area contributed by atoms with Crippen LogP contribution in [0.5, 0.6) is 0 Å². The standard InChI is InChI=1S/C22H27ClFN3O4S/c1-4-12-25-22(29)16(2)26(14-17-8-7-9-18(23)13-17)21(28)15-27(32(3,30)31)20-11-6-5-10-19(20)24/h5-11,13,16H,4,12,14-15H2,1-3H3,(H,25,29)/t16-/m0/s1. The van der Waals surface area contributed by atoms with E-state index in [0.717, 1.165) is 18.7 Å². The molecule has 2 aromatic carbocycles. The number of hydrogen-bond acceptors (Lipinski definition) is 4. The van der Waals surface area contributed by atoms with E-state index in [0.29, 0.717) is 21.4 Å². The number of nitrogens with one attached hydrogen (secondary N) is 1. The Kier molecular flexibility index (Phi) is 9.03. The second-order valence-electron chi connectivity index (χ2n) is 7.34. The highest BCUT2D eigenvalue weighted by molar-refractivity contribution is 7.92. The lowest BCUT2D eigenvalue weighted by Gasteiger charge is -2.31. The second-order valence-corrected chi connectivity index (χ2v) is 9.68. The van der Waals surface area contributed by atoms with Gasteiger partial charge in [-0.3, -0.25) is 13.9 Å². The van der Waals surface area contributed by atoms with E-state index in [9.17, 15) is 22.4 Å². The van der Waals surface area contributed by atoms with Crippen LogP contribution in [0.15, 0.2) is 48.5 Å². The van der Waals surface area contributed by atoms with Gasteiger partial charge in [-0.05, 0) is 43.2 Å². The van der Waals surface area contributed by atoms with Gasteiger partial charge in [-0.15, -0.1) is 0 Å². The van der Waals surface area contributed by atoms with Crippen molar-refractivity contribution >= 4 is 39.1 Å². The largest absolute Gasteiger partial charge is 0.354 e. The van der Waals surface area contributed by atoms with Crippen molar-refractivity contribution in [1.29, 1.82) is 0 Å². The van der Waals surface area contributed by atoms with Gasteiger partial charge in [-0.2, -0.15) is 0 Å². The molecule has 7 nitrogen and oxygen atoms in total. The molecule has 0 saturated heterocycles. The summed E-state index contributed by atoms with van der Waals surface area (Å²) in [6, 6.07) is 11.2. The Morgan fingerprint density at radius 1 is 1.16 bits per heavy atom. The smallest absolute Gasteiger partial charge is 0.244 e. The third-order valence-corrected chi connectivity index (χ3v) is 6.12. The van der Waals surface area contributed by atoms with E-state index in [4.69, 9.17) is 11.6 Å². The average molecular weight is 484 g/mol. The monoisotopic (exact) mass is 483 g/mol. The molecule has 0 radical (unpaired) electrons. The van der Waals surface area contributed by atoms with Gasteiger partial charge in [0, 0.05) is 18.1 Å². The van der Waals surface area contributed by atoms with E-state index >= 15 is 0 Å². The van der Waals surface area contributed by atoms with Gasteiger partial charge in [0.25, 0.3) is 0 Å². The summed E-state index contributed by atoms with van der Waals surface area (Å²) in [5, 5.41) is 3.20. The number of sulfonamides is 1. The number of hydrogen-bond donors (Lipinski definition) is 1. The first-order chi connectivity index (χ1) is 15.0. The maximum absolute atomic E-state index is 14.3. The van der Waals surface area contributed by atoms with E-state index in [2.05, 4.69) is 5.32 Å². The number of benzene rings is 2. The van der Waals surface area contributed by atoms with Crippen molar-refractivity contribution in [1.82, 2.24) is 10.2 Å². The first-order valence-corrected chi connectivity index (χ1v) is 12.3. The fraction of sp³-hybridized carbons (Fsp3) is 0.364. The number of carbonyl (C=O) groups excluding carboxylic acids is 2. The summed E-state index contributed by atoms with van der Waals surface area (Å²) < 4.78 is 39.8. The average Bonchev–Trinajstić information content (AvgIpc) is 2.73. The summed E-state index contributed by atoms with van der Waals surface area (Å²) in [6.07, 6.45) is 1.61. The van der Waals surface area contributed by atoms with Crippen molar-refractivity contribution in [3.05, 3.63) is 64.9 Å². The number of halogens is 2. The Balaban J connectivity index is 2.38. The summed E-state index contributed by atoms with van der Waals surface area (Å²) in [5.41, 5.74) is 0.423. The van der Waals surface area contributed by atoms with Gasteiger partial charge in [-0.1, -0.05) is 42.8 Å². The predicted octanol–water partition coefficient (Wildman–Crippen LogP) is 3.19. The molecular formula is C22H27ClFN3O4S. The van der Waals surface area contributed by atoms with Gasteiger partial charge < -0.3 is 10.2 Å². The van der Waals surface area contributed by atoms with Crippen molar-refractivity contribution in [3.63, 3.8) is 0 Å². The Bertz CT molecular complexity index is 1060. The summed E-state index contributed by atoms with van der Waals surface area (Å²) >= 11 is 6.05. The Labute approximate surface area is 193 Å². The zero-order valence-corrected chi connectivity index (χ0v) is 19.8. The molecule has 0 saturated carbocycles. The Hall–Kier alpha value is -2.65.